The molecule has 0 spiro atoms. The van der Waals surface area contributed by atoms with Crippen molar-refractivity contribution < 1.29 is 9.47 Å². The summed E-state index contributed by atoms with van der Waals surface area (Å²) in [7, 11) is 1.59. The predicted molar refractivity (Wildman–Crippen MR) is 117 cm³/mol. The lowest BCUT2D eigenvalue weighted by molar-refractivity contribution is 0.284. The van der Waals surface area contributed by atoms with Crippen LogP contribution in [0.4, 0.5) is 5.69 Å². The first-order valence-electron chi connectivity index (χ1n) is 8.70. The van der Waals surface area contributed by atoms with Gasteiger partial charge in [0.25, 0.3) is 0 Å². The first kappa shape index (κ1) is 20.7. The van der Waals surface area contributed by atoms with E-state index in [2.05, 4.69) is 11.4 Å². The summed E-state index contributed by atoms with van der Waals surface area (Å²) in [5.41, 5.74) is 3.93. The number of ether oxygens (including phenoxy) is 2. The van der Waals surface area contributed by atoms with Gasteiger partial charge in [0.15, 0.2) is 11.5 Å². The molecule has 1 N–H and O–H groups in total. The zero-order valence-electron chi connectivity index (χ0n) is 15.6. The molecule has 6 heteroatoms. The van der Waals surface area contributed by atoms with Crippen LogP contribution < -0.4 is 14.8 Å². The summed E-state index contributed by atoms with van der Waals surface area (Å²) in [6.45, 7) is 2.97. The van der Waals surface area contributed by atoms with Crippen LogP contribution in [0.25, 0.3) is 0 Å². The van der Waals surface area contributed by atoms with E-state index in [9.17, 15) is 0 Å². The minimum Gasteiger partial charge on any atom is -0.493 e. The first-order valence-corrected chi connectivity index (χ1v) is 9.83. The van der Waals surface area contributed by atoms with Crippen LogP contribution in [0.5, 0.6) is 11.5 Å². The second-order valence-electron chi connectivity index (χ2n) is 6.36. The fraction of sp³-hybridized carbons (Fsp3) is 0.182. The van der Waals surface area contributed by atoms with Gasteiger partial charge < -0.3 is 14.8 Å². The Morgan fingerprint density at radius 2 is 1.71 bits per heavy atom. The van der Waals surface area contributed by atoms with E-state index in [0.717, 1.165) is 16.8 Å². The predicted octanol–water partition coefficient (Wildman–Crippen LogP) is 7.15. The van der Waals surface area contributed by atoms with E-state index in [1.807, 2.05) is 37.3 Å². The lowest BCUT2D eigenvalue weighted by Crippen LogP contribution is -2.03. The molecule has 3 aromatic rings. The molecule has 0 heterocycles. The number of benzene rings is 3. The van der Waals surface area contributed by atoms with Crippen LogP contribution in [0, 0.1) is 6.92 Å². The number of hydrogen-bond acceptors (Lipinski definition) is 3. The topological polar surface area (TPSA) is 30.5 Å². The van der Waals surface area contributed by atoms with E-state index >= 15 is 0 Å². The van der Waals surface area contributed by atoms with Crippen LogP contribution in [0.15, 0.2) is 54.6 Å². The SMILES string of the molecule is COc1cc(CNc2cc(Cl)ccc2Cl)cc(Cl)c1OCc1cccc(C)c1. The highest BCUT2D eigenvalue weighted by molar-refractivity contribution is 6.35. The van der Waals surface area contributed by atoms with Crippen LogP contribution >= 0.6 is 34.8 Å². The van der Waals surface area contributed by atoms with Crippen LogP contribution in [0.1, 0.15) is 16.7 Å². The van der Waals surface area contributed by atoms with Gasteiger partial charge >= 0.3 is 0 Å². The smallest absolute Gasteiger partial charge is 0.180 e. The Morgan fingerprint density at radius 1 is 0.893 bits per heavy atom. The van der Waals surface area contributed by atoms with Gasteiger partial charge in [0.1, 0.15) is 6.61 Å². The largest absolute Gasteiger partial charge is 0.493 e. The number of anilines is 1. The van der Waals surface area contributed by atoms with E-state index < -0.39 is 0 Å². The van der Waals surface area contributed by atoms with E-state index in [4.69, 9.17) is 44.3 Å². The summed E-state index contributed by atoms with van der Waals surface area (Å²) in [6, 6.07) is 17.2. The van der Waals surface area contributed by atoms with Gasteiger partial charge in [-0.2, -0.15) is 0 Å². The minimum absolute atomic E-state index is 0.410. The lowest BCUT2D eigenvalue weighted by atomic mass is 10.1. The number of aryl methyl sites for hydroxylation is 1. The van der Waals surface area contributed by atoms with E-state index in [1.54, 1.807) is 25.3 Å². The number of halogens is 3. The van der Waals surface area contributed by atoms with Crippen molar-refractivity contribution in [3.8, 4) is 11.5 Å². The summed E-state index contributed by atoms with van der Waals surface area (Å²) in [4.78, 5) is 0. The summed E-state index contributed by atoms with van der Waals surface area (Å²) >= 11 is 18.7. The molecule has 3 nitrogen and oxygen atoms in total. The average molecular weight is 437 g/mol. The zero-order valence-corrected chi connectivity index (χ0v) is 17.8. The maximum atomic E-state index is 6.47. The molecule has 146 valence electrons. The first-order chi connectivity index (χ1) is 13.5. The molecule has 0 amide bonds. The van der Waals surface area contributed by atoms with E-state index in [1.165, 1.54) is 5.56 Å². The van der Waals surface area contributed by atoms with Crippen molar-refractivity contribution in [2.24, 2.45) is 0 Å². The van der Waals surface area contributed by atoms with Gasteiger partial charge in [0.2, 0.25) is 0 Å². The van der Waals surface area contributed by atoms with Crippen molar-refractivity contribution >= 4 is 40.5 Å². The highest BCUT2D eigenvalue weighted by Crippen LogP contribution is 2.37. The van der Waals surface area contributed by atoms with Gasteiger partial charge in [-0.25, -0.2) is 0 Å². The normalized spacial score (nSPS) is 10.6. The third-order valence-corrected chi connectivity index (χ3v) is 5.01. The van der Waals surface area contributed by atoms with Crippen molar-refractivity contribution in [2.75, 3.05) is 12.4 Å². The molecule has 0 saturated carbocycles. The average Bonchev–Trinajstić information content (AvgIpc) is 2.67. The van der Waals surface area contributed by atoms with Gasteiger partial charge in [-0.1, -0.05) is 64.6 Å². The fourth-order valence-corrected chi connectivity index (χ4v) is 3.45. The molecule has 0 aliphatic heterocycles. The molecular formula is C22H20Cl3NO2. The maximum absolute atomic E-state index is 6.47. The molecule has 3 aromatic carbocycles. The molecule has 28 heavy (non-hydrogen) atoms. The number of rotatable bonds is 7. The molecule has 0 saturated heterocycles. The van der Waals surface area contributed by atoms with E-state index in [0.29, 0.717) is 39.7 Å². The minimum atomic E-state index is 0.410. The second-order valence-corrected chi connectivity index (χ2v) is 7.62. The summed E-state index contributed by atoms with van der Waals surface area (Å²) in [6.07, 6.45) is 0. The summed E-state index contributed by atoms with van der Waals surface area (Å²) < 4.78 is 11.4. The quantitative estimate of drug-likeness (QED) is 0.426. The molecule has 0 unspecified atom stereocenters. The number of hydrogen-bond donors (Lipinski definition) is 1. The van der Waals surface area contributed by atoms with Crippen molar-refractivity contribution in [2.45, 2.75) is 20.1 Å². The van der Waals surface area contributed by atoms with Crippen molar-refractivity contribution in [3.63, 3.8) is 0 Å². The molecule has 0 aliphatic rings. The second kappa shape index (κ2) is 9.42. The fourth-order valence-electron chi connectivity index (χ4n) is 2.80. The van der Waals surface area contributed by atoms with Crippen LogP contribution in [0.3, 0.4) is 0 Å². The molecule has 3 rings (SSSR count). The third kappa shape index (κ3) is 5.26. The maximum Gasteiger partial charge on any atom is 0.180 e. The van der Waals surface area contributed by atoms with Gasteiger partial charge in [-0.15, -0.1) is 0 Å². The number of nitrogens with one attached hydrogen (secondary N) is 1. The molecule has 0 bridgehead atoms. The Labute approximate surface area is 180 Å². The monoisotopic (exact) mass is 435 g/mol. The van der Waals surface area contributed by atoms with Crippen molar-refractivity contribution in [1.29, 1.82) is 0 Å². The Hall–Kier alpha value is -2.07. The molecule has 0 fully saturated rings. The Balaban J connectivity index is 1.74. The molecule has 0 atom stereocenters. The Morgan fingerprint density at radius 3 is 2.46 bits per heavy atom. The molecular weight excluding hydrogens is 417 g/mol. The highest BCUT2D eigenvalue weighted by Gasteiger charge is 2.13. The number of methoxy groups -OCH3 is 1. The van der Waals surface area contributed by atoms with Gasteiger partial charge in [0.05, 0.1) is 22.8 Å². The van der Waals surface area contributed by atoms with Gasteiger partial charge in [-0.05, 0) is 48.4 Å². The van der Waals surface area contributed by atoms with E-state index in [-0.39, 0.29) is 0 Å². The molecule has 0 aromatic heterocycles. The third-order valence-electron chi connectivity index (χ3n) is 4.17. The summed E-state index contributed by atoms with van der Waals surface area (Å²) in [5.74, 6) is 1.10. The van der Waals surface area contributed by atoms with Crippen LogP contribution in [-0.2, 0) is 13.2 Å². The zero-order chi connectivity index (χ0) is 20.1. The highest BCUT2D eigenvalue weighted by atomic mass is 35.5. The van der Waals surface area contributed by atoms with Crippen LogP contribution in [-0.4, -0.2) is 7.11 Å². The standard InChI is InChI=1S/C22H20Cl3NO2/c1-14-4-3-5-15(8-14)13-28-22-19(25)9-16(10-21(22)27-2)12-26-20-11-17(23)6-7-18(20)24/h3-11,26H,12-13H2,1-2H3. The van der Waals surface area contributed by atoms with Crippen molar-refractivity contribution in [1.82, 2.24) is 0 Å². The van der Waals surface area contributed by atoms with Crippen molar-refractivity contribution in [3.05, 3.63) is 86.4 Å². The Kier molecular flexibility index (Phi) is 6.95. The van der Waals surface area contributed by atoms with Gasteiger partial charge in [0, 0.05) is 11.6 Å². The molecule has 0 radical (unpaired) electrons. The molecule has 0 aliphatic carbocycles. The summed E-state index contributed by atoms with van der Waals surface area (Å²) in [5, 5.41) is 4.96. The lowest BCUT2D eigenvalue weighted by Gasteiger charge is -2.15. The van der Waals surface area contributed by atoms with Crippen LogP contribution in [0.2, 0.25) is 15.1 Å². The van der Waals surface area contributed by atoms with Gasteiger partial charge in [-0.3, -0.25) is 0 Å². The Bertz CT molecular complexity index is 976.